The van der Waals surface area contributed by atoms with Crippen molar-refractivity contribution in [1.29, 1.82) is 0 Å². The van der Waals surface area contributed by atoms with Crippen LogP contribution in [0.5, 0.6) is 0 Å². The molecule has 2 aromatic rings. The Kier molecular flexibility index (Phi) is 4.58. The number of hydrogen-bond acceptors (Lipinski definition) is 2. The molecular weight excluding hydrogens is 232 g/mol. The van der Waals surface area contributed by atoms with E-state index in [2.05, 4.69) is 61.2 Å². The fraction of sp³-hybridized carbons (Fsp3) is 0.294. The second kappa shape index (κ2) is 6.39. The average Bonchev–Trinajstić information content (AvgIpc) is 2.46. The van der Waals surface area contributed by atoms with Crippen LogP contribution in [-0.4, -0.2) is 6.54 Å². The highest BCUT2D eigenvalue weighted by Crippen LogP contribution is 2.22. The lowest BCUT2D eigenvalue weighted by molar-refractivity contribution is 0.817. The van der Waals surface area contributed by atoms with Crippen molar-refractivity contribution in [2.75, 3.05) is 11.4 Å². The molecule has 0 fully saturated rings. The van der Waals surface area contributed by atoms with E-state index in [0.717, 1.165) is 13.1 Å². The molecule has 19 heavy (non-hydrogen) atoms. The third-order valence-corrected chi connectivity index (χ3v) is 3.56. The maximum Gasteiger partial charge on any atom is 0.0432 e. The van der Waals surface area contributed by atoms with Gasteiger partial charge in [-0.3, -0.25) is 0 Å². The molecule has 0 saturated heterocycles. The van der Waals surface area contributed by atoms with Gasteiger partial charge in [-0.1, -0.05) is 42.5 Å². The first-order valence-corrected chi connectivity index (χ1v) is 6.83. The third kappa shape index (κ3) is 3.15. The Morgan fingerprint density at radius 3 is 2.21 bits per heavy atom. The quantitative estimate of drug-likeness (QED) is 0.885. The van der Waals surface area contributed by atoms with Crippen LogP contribution in [0.4, 0.5) is 5.69 Å². The van der Waals surface area contributed by atoms with Gasteiger partial charge in [-0.25, -0.2) is 0 Å². The van der Waals surface area contributed by atoms with Gasteiger partial charge in [-0.05, 0) is 36.6 Å². The van der Waals surface area contributed by atoms with E-state index in [1.165, 1.54) is 22.4 Å². The molecule has 2 heteroatoms. The fourth-order valence-electron chi connectivity index (χ4n) is 2.35. The number of hydrogen-bond donors (Lipinski definition) is 1. The Balaban J connectivity index is 2.28. The van der Waals surface area contributed by atoms with Crippen molar-refractivity contribution < 1.29 is 0 Å². The summed E-state index contributed by atoms with van der Waals surface area (Å²) in [5.41, 5.74) is 11.0. The lowest BCUT2D eigenvalue weighted by Gasteiger charge is -2.26. The minimum atomic E-state index is 0.584. The molecule has 0 spiro atoms. The zero-order valence-corrected chi connectivity index (χ0v) is 11.8. The van der Waals surface area contributed by atoms with Gasteiger partial charge in [-0.2, -0.15) is 0 Å². The van der Waals surface area contributed by atoms with Crippen LogP contribution >= 0.6 is 0 Å². The number of anilines is 1. The molecule has 0 aliphatic rings. The van der Waals surface area contributed by atoms with Gasteiger partial charge in [0.05, 0.1) is 0 Å². The van der Waals surface area contributed by atoms with Gasteiger partial charge in [-0.15, -0.1) is 0 Å². The summed E-state index contributed by atoms with van der Waals surface area (Å²) in [6.07, 6.45) is 0. The monoisotopic (exact) mass is 254 g/mol. The van der Waals surface area contributed by atoms with Crippen molar-refractivity contribution in [3.63, 3.8) is 0 Å². The molecule has 0 saturated carbocycles. The van der Waals surface area contributed by atoms with Gasteiger partial charge in [0.15, 0.2) is 0 Å². The maximum atomic E-state index is 5.84. The van der Waals surface area contributed by atoms with E-state index in [9.17, 15) is 0 Å². The number of nitrogens with two attached hydrogens (primary N) is 1. The molecule has 0 heterocycles. The van der Waals surface area contributed by atoms with Crippen molar-refractivity contribution in [3.05, 3.63) is 65.2 Å². The van der Waals surface area contributed by atoms with E-state index >= 15 is 0 Å². The highest BCUT2D eigenvalue weighted by Gasteiger charge is 2.09. The number of benzene rings is 2. The molecule has 0 radical (unpaired) electrons. The average molecular weight is 254 g/mol. The number of nitrogens with zero attached hydrogens (tertiary/aromatic N) is 1. The molecule has 2 rings (SSSR count). The van der Waals surface area contributed by atoms with E-state index in [1.54, 1.807) is 0 Å². The van der Waals surface area contributed by atoms with Crippen molar-refractivity contribution in [3.8, 4) is 0 Å². The molecular formula is C17H22N2. The molecule has 2 N–H and O–H groups in total. The molecule has 0 amide bonds. The number of para-hydroxylation sites is 1. The minimum Gasteiger partial charge on any atom is -0.367 e. The van der Waals surface area contributed by atoms with Crippen LogP contribution in [0, 0.1) is 6.92 Å². The molecule has 100 valence electrons. The van der Waals surface area contributed by atoms with Crippen LogP contribution in [0.3, 0.4) is 0 Å². The normalized spacial score (nSPS) is 10.5. The van der Waals surface area contributed by atoms with Gasteiger partial charge >= 0.3 is 0 Å². The summed E-state index contributed by atoms with van der Waals surface area (Å²) in [6, 6.07) is 16.9. The third-order valence-electron chi connectivity index (χ3n) is 3.56. The summed E-state index contributed by atoms with van der Waals surface area (Å²) in [4.78, 5) is 2.38. The zero-order chi connectivity index (χ0) is 13.7. The second-order valence-electron chi connectivity index (χ2n) is 4.77. The molecule has 0 atom stereocenters. The van der Waals surface area contributed by atoms with E-state index in [1.807, 2.05) is 6.07 Å². The fourth-order valence-corrected chi connectivity index (χ4v) is 2.35. The van der Waals surface area contributed by atoms with Crippen LogP contribution in [0.25, 0.3) is 0 Å². The van der Waals surface area contributed by atoms with Gasteiger partial charge in [0.25, 0.3) is 0 Å². The predicted octanol–water partition coefficient (Wildman–Crippen LogP) is 3.48. The van der Waals surface area contributed by atoms with Crippen LogP contribution in [-0.2, 0) is 13.1 Å². The highest BCUT2D eigenvalue weighted by atomic mass is 15.1. The maximum absolute atomic E-state index is 5.84. The molecule has 0 aliphatic carbocycles. The van der Waals surface area contributed by atoms with E-state index in [0.29, 0.717) is 6.54 Å². The van der Waals surface area contributed by atoms with Gasteiger partial charge in [0, 0.05) is 25.3 Å². The predicted molar refractivity (Wildman–Crippen MR) is 82.2 cm³/mol. The van der Waals surface area contributed by atoms with Crippen LogP contribution in [0.15, 0.2) is 48.5 Å². The Morgan fingerprint density at radius 2 is 1.58 bits per heavy atom. The first kappa shape index (κ1) is 13.6. The largest absolute Gasteiger partial charge is 0.367 e. The smallest absolute Gasteiger partial charge is 0.0432 e. The minimum absolute atomic E-state index is 0.584. The van der Waals surface area contributed by atoms with Crippen LogP contribution < -0.4 is 10.6 Å². The first-order valence-electron chi connectivity index (χ1n) is 6.83. The Bertz CT molecular complexity index is 534. The first-order chi connectivity index (χ1) is 9.26. The molecule has 0 aromatic heterocycles. The second-order valence-corrected chi connectivity index (χ2v) is 4.77. The molecule has 0 bridgehead atoms. The molecule has 2 aromatic carbocycles. The summed E-state index contributed by atoms with van der Waals surface area (Å²) in [5.74, 6) is 0. The SMILES string of the molecule is CCN(Cc1ccccc1C)c1ccccc1CN. The Labute approximate surface area is 115 Å². The summed E-state index contributed by atoms with van der Waals surface area (Å²) in [6.45, 7) is 6.84. The highest BCUT2D eigenvalue weighted by molar-refractivity contribution is 5.54. The standard InChI is InChI=1S/C17H22N2/c1-3-19(13-16-10-5-4-8-14(16)2)17-11-7-6-9-15(17)12-18/h4-11H,3,12-13,18H2,1-2H3. The van der Waals surface area contributed by atoms with Crippen molar-refractivity contribution >= 4 is 5.69 Å². The Hall–Kier alpha value is -1.80. The molecule has 0 unspecified atom stereocenters. The number of rotatable bonds is 5. The van der Waals surface area contributed by atoms with Crippen LogP contribution in [0.1, 0.15) is 23.6 Å². The topological polar surface area (TPSA) is 29.3 Å². The van der Waals surface area contributed by atoms with Gasteiger partial charge < -0.3 is 10.6 Å². The van der Waals surface area contributed by atoms with Crippen molar-refractivity contribution in [1.82, 2.24) is 0 Å². The van der Waals surface area contributed by atoms with Crippen LogP contribution in [0.2, 0.25) is 0 Å². The van der Waals surface area contributed by atoms with E-state index in [-0.39, 0.29) is 0 Å². The number of aryl methyl sites for hydroxylation is 1. The summed E-state index contributed by atoms with van der Waals surface area (Å²) < 4.78 is 0. The van der Waals surface area contributed by atoms with E-state index in [4.69, 9.17) is 5.73 Å². The molecule has 2 nitrogen and oxygen atoms in total. The molecule has 0 aliphatic heterocycles. The lowest BCUT2D eigenvalue weighted by Crippen LogP contribution is -2.24. The summed E-state index contributed by atoms with van der Waals surface area (Å²) in [5, 5.41) is 0. The summed E-state index contributed by atoms with van der Waals surface area (Å²) >= 11 is 0. The van der Waals surface area contributed by atoms with Crippen molar-refractivity contribution in [2.45, 2.75) is 26.9 Å². The van der Waals surface area contributed by atoms with E-state index < -0.39 is 0 Å². The summed E-state index contributed by atoms with van der Waals surface area (Å²) in [7, 11) is 0. The Morgan fingerprint density at radius 1 is 0.947 bits per heavy atom. The van der Waals surface area contributed by atoms with Gasteiger partial charge in [0.1, 0.15) is 0 Å². The van der Waals surface area contributed by atoms with Crippen molar-refractivity contribution in [2.24, 2.45) is 5.73 Å². The van der Waals surface area contributed by atoms with Gasteiger partial charge in [0.2, 0.25) is 0 Å². The zero-order valence-electron chi connectivity index (χ0n) is 11.8. The lowest BCUT2D eigenvalue weighted by atomic mass is 10.1.